The SMILES string of the molecule is Cc1ncc2c(c1[C@](O[N+](=O)[O-])(C(=O)O)C1CCCCC1)CO[C@H]2c1ccc(Cl)cc1. The summed E-state index contributed by atoms with van der Waals surface area (Å²) in [5.41, 5.74) is 0.656. The first-order valence-corrected chi connectivity index (χ1v) is 10.6. The van der Waals surface area contributed by atoms with Crippen molar-refractivity contribution >= 4 is 17.6 Å². The number of benzene rings is 1. The van der Waals surface area contributed by atoms with E-state index in [0.29, 0.717) is 34.7 Å². The molecule has 2 atom stereocenters. The number of carboxylic acids is 1. The number of ether oxygens (including phenoxy) is 1. The minimum atomic E-state index is -2.12. The van der Waals surface area contributed by atoms with Crippen molar-refractivity contribution in [2.24, 2.45) is 5.92 Å². The third-order valence-corrected chi connectivity index (χ3v) is 6.60. The molecule has 1 N–H and O–H groups in total. The lowest BCUT2D eigenvalue weighted by molar-refractivity contribution is -0.782. The number of nitrogens with zero attached hydrogens (tertiary/aromatic N) is 2. The second-order valence-corrected chi connectivity index (χ2v) is 8.52. The van der Waals surface area contributed by atoms with Crippen LogP contribution in [0, 0.1) is 23.0 Å². The van der Waals surface area contributed by atoms with Gasteiger partial charge in [0.2, 0.25) is 5.60 Å². The summed E-state index contributed by atoms with van der Waals surface area (Å²) in [6.45, 7) is 1.78. The van der Waals surface area contributed by atoms with Crippen LogP contribution in [0.1, 0.15) is 66.2 Å². The van der Waals surface area contributed by atoms with E-state index in [1.54, 1.807) is 25.3 Å². The van der Waals surface area contributed by atoms with Crippen molar-refractivity contribution in [2.45, 2.75) is 57.3 Å². The van der Waals surface area contributed by atoms with Crippen LogP contribution in [0.5, 0.6) is 0 Å². The molecule has 31 heavy (non-hydrogen) atoms. The first-order valence-electron chi connectivity index (χ1n) is 10.3. The van der Waals surface area contributed by atoms with Crippen LogP contribution in [-0.2, 0) is 26.6 Å². The van der Waals surface area contributed by atoms with Crippen molar-refractivity contribution in [3.05, 3.63) is 73.5 Å². The van der Waals surface area contributed by atoms with E-state index in [1.165, 1.54) is 0 Å². The van der Waals surface area contributed by atoms with E-state index in [-0.39, 0.29) is 12.2 Å². The van der Waals surface area contributed by atoms with Gasteiger partial charge in [-0.2, -0.15) is 0 Å². The Hall–Kier alpha value is -2.71. The van der Waals surface area contributed by atoms with Gasteiger partial charge in [0, 0.05) is 34.0 Å². The fourth-order valence-corrected chi connectivity index (χ4v) is 5.11. The highest BCUT2D eigenvalue weighted by atomic mass is 35.5. The second kappa shape index (κ2) is 8.43. The number of aromatic nitrogens is 1. The van der Waals surface area contributed by atoms with E-state index in [9.17, 15) is 20.0 Å². The van der Waals surface area contributed by atoms with Crippen LogP contribution in [0.3, 0.4) is 0 Å². The number of fused-ring (bicyclic) bond motifs is 1. The zero-order valence-electron chi connectivity index (χ0n) is 17.0. The molecule has 1 aromatic carbocycles. The van der Waals surface area contributed by atoms with Crippen LogP contribution in [0.2, 0.25) is 5.02 Å². The molecule has 2 aliphatic rings. The monoisotopic (exact) mass is 446 g/mol. The van der Waals surface area contributed by atoms with Crippen LogP contribution >= 0.6 is 11.6 Å². The van der Waals surface area contributed by atoms with Gasteiger partial charge in [-0.1, -0.05) is 43.0 Å². The molecule has 0 saturated heterocycles. The van der Waals surface area contributed by atoms with Gasteiger partial charge in [-0.25, -0.2) is 4.79 Å². The fourth-order valence-electron chi connectivity index (χ4n) is 4.99. The Labute approximate surface area is 184 Å². The Kier molecular flexibility index (Phi) is 5.85. The topological polar surface area (TPSA) is 112 Å². The van der Waals surface area contributed by atoms with Crippen molar-refractivity contribution in [3.8, 4) is 0 Å². The lowest BCUT2D eigenvalue weighted by Gasteiger charge is -2.38. The van der Waals surface area contributed by atoms with Gasteiger partial charge in [0.15, 0.2) is 0 Å². The standard InChI is InChI=1S/C22H23ClN2O6/c1-13-19(22(21(26)27,31-25(28)29)15-5-3-2-4-6-15)18-12-30-20(17(18)11-24-13)14-7-9-16(23)10-8-14/h7-11,15,20H,2-6,12H2,1H3,(H,26,27)/t20-,22-/m0/s1. The molecule has 1 aromatic heterocycles. The van der Waals surface area contributed by atoms with Gasteiger partial charge >= 0.3 is 5.97 Å². The highest BCUT2D eigenvalue weighted by molar-refractivity contribution is 6.30. The molecule has 1 fully saturated rings. The molecular weight excluding hydrogens is 424 g/mol. The zero-order chi connectivity index (χ0) is 22.2. The van der Waals surface area contributed by atoms with Gasteiger partial charge in [0.05, 0.1) is 6.61 Å². The number of pyridine rings is 1. The van der Waals surface area contributed by atoms with E-state index in [4.69, 9.17) is 21.2 Å². The maximum absolute atomic E-state index is 12.7. The molecule has 1 saturated carbocycles. The van der Waals surface area contributed by atoms with Crippen molar-refractivity contribution in [2.75, 3.05) is 0 Å². The highest BCUT2D eigenvalue weighted by Crippen LogP contribution is 2.48. The third-order valence-electron chi connectivity index (χ3n) is 6.35. The summed E-state index contributed by atoms with van der Waals surface area (Å²) in [4.78, 5) is 33.7. The highest BCUT2D eigenvalue weighted by Gasteiger charge is 2.55. The zero-order valence-corrected chi connectivity index (χ0v) is 17.8. The van der Waals surface area contributed by atoms with Crippen LogP contribution < -0.4 is 0 Å². The average Bonchev–Trinajstić information content (AvgIpc) is 3.17. The molecule has 1 aliphatic heterocycles. The molecule has 8 nitrogen and oxygen atoms in total. The number of halogens is 1. The van der Waals surface area contributed by atoms with Gasteiger partial charge in [-0.05, 0) is 43.0 Å². The average molecular weight is 447 g/mol. The van der Waals surface area contributed by atoms with E-state index >= 15 is 0 Å². The number of hydrogen-bond donors (Lipinski definition) is 1. The summed E-state index contributed by atoms with van der Waals surface area (Å²) < 4.78 is 6.01. The van der Waals surface area contributed by atoms with Gasteiger partial charge in [0.25, 0.3) is 5.09 Å². The van der Waals surface area contributed by atoms with E-state index < -0.39 is 28.7 Å². The summed E-state index contributed by atoms with van der Waals surface area (Å²) in [6, 6.07) is 7.17. The van der Waals surface area contributed by atoms with E-state index in [1.807, 2.05) is 12.1 Å². The molecule has 0 amide bonds. The summed E-state index contributed by atoms with van der Waals surface area (Å²) >= 11 is 5.99. The van der Waals surface area contributed by atoms with Crippen molar-refractivity contribution in [1.82, 2.24) is 4.98 Å². The number of carboxylic acid groups (broad SMARTS) is 1. The summed E-state index contributed by atoms with van der Waals surface area (Å²) in [5.74, 6) is -1.91. The molecule has 2 aromatic rings. The third kappa shape index (κ3) is 3.74. The molecule has 9 heteroatoms. The van der Waals surface area contributed by atoms with E-state index in [2.05, 4.69) is 4.98 Å². The van der Waals surface area contributed by atoms with Crippen molar-refractivity contribution < 1.29 is 24.6 Å². The van der Waals surface area contributed by atoms with Crippen molar-refractivity contribution in [1.29, 1.82) is 0 Å². The number of aliphatic carboxylic acids is 1. The van der Waals surface area contributed by atoms with E-state index in [0.717, 1.165) is 24.8 Å². The molecule has 0 radical (unpaired) electrons. The molecule has 0 bridgehead atoms. The Morgan fingerprint density at radius 1 is 1.29 bits per heavy atom. The first kappa shape index (κ1) is 21.5. The van der Waals surface area contributed by atoms with Crippen LogP contribution in [0.15, 0.2) is 30.5 Å². The van der Waals surface area contributed by atoms with Gasteiger partial charge in [-0.3, -0.25) is 9.82 Å². The smallest absolute Gasteiger partial charge is 0.341 e. The number of carbonyl (C=O) groups is 1. The predicted octanol–water partition coefficient (Wildman–Crippen LogP) is 4.73. The van der Waals surface area contributed by atoms with Gasteiger partial charge in [-0.15, -0.1) is 10.1 Å². The van der Waals surface area contributed by atoms with Crippen LogP contribution in [-0.4, -0.2) is 21.1 Å². The summed E-state index contributed by atoms with van der Waals surface area (Å²) in [5, 5.41) is 21.5. The quantitative estimate of drug-likeness (QED) is 0.504. The minimum absolute atomic E-state index is 0.115. The molecule has 0 spiro atoms. The largest absolute Gasteiger partial charge is 0.479 e. The normalized spacial score (nSPS) is 20.6. The summed E-state index contributed by atoms with van der Waals surface area (Å²) in [6.07, 6.45) is 4.82. The maximum Gasteiger partial charge on any atom is 0.341 e. The fraction of sp³-hybridized carbons (Fsp3) is 0.455. The maximum atomic E-state index is 12.7. The van der Waals surface area contributed by atoms with Crippen LogP contribution in [0.25, 0.3) is 0 Å². The van der Waals surface area contributed by atoms with Crippen molar-refractivity contribution in [3.63, 3.8) is 0 Å². The number of aryl methyl sites for hydroxylation is 1. The second-order valence-electron chi connectivity index (χ2n) is 8.09. The molecule has 1 aliphatic carbocycles. The lowest BCUT2D eigenvalue weighted by atomic mass is 9.71. The van der Waals surface area contributed by atoms with Crippen LogP contribution in [0.4, 0.5) is 0 Å². The Morgan fingerprint density at radius 2 is 1.97 bits per heavy atom. The Balaban J connectivity index is 1.89. The molecule has 2 heterocycles. The predicted molar refractivity (Wildman–Crippen MR) is 111 cm³/mol. The first-order chi connectivity index (χ1) is 14.8. The number of hydrogen-bond acceptors (Lipinski definition) is 6. The van der Waals surface area contributed by atoms with Gasteiger partial charge in [0.1, 0.15) is 6.10 Å². The summed E-state index contributed by atoms with van der Waals surface area (Å²) in [7, 11) is 0. The molecule has 164 valence electrons. The number of rotatable bonds is 6. The minimum Gasteiger partial charge on any atom is -0.479 e. The molecule has 4 rings (SSSR count). The van der Waals surface area contributed by atoms with Gasteiger partial charge < -0.3 is 9.84 Å². The Morgan fingerprint density at radius 3 is 2.58 bits per heavy atom. The molecular formula is C22H23ClN2O6. The Bertz CT molecular complexity index is 1010. The lowest BCUT2D eigenvalue weighted by Crippen LogP contribution is -2.49. The molecule has 0 unspecified atom stereocenters.